The summed E-state index contributed by atoms with van der Waals surface area (Å²) in [6.45, 7) is 2.99. The molecule has 0 saturated carbocycles. The zero-order valence-electron chi connectivity index (χ0n) is 11.4. The second-order valence-corrected chi connectivity index (χ2v) is 7.70. The number of hydrogen-bond donors (Lipinski definition) is 2. The Balaban J connectivity index is 2.30. The van der Waals surface area contributed by atoms with Crippen LogP contribution in [0.1, 0.15) is 17.3 Å². The SMILES string of the molecule is CCOC(=O)c1c(Br)nn(C)c1N1CCS(O)(O)CC1. The monoisotopic (exact) mass is 367 g/mol. The maximum Gasteiger partial charge on any atom is 0.344 e. The fraction of sp³-hybridized carbons (Fsp3) is 0.636. The highest BCUT2D eigenvalue weighted by Gasteiger charge is 2.30. The van der Waals surface area contributed by atoms with Gasteiger partial charge in [0.05, 0.1) is 18.1 Å². The summed E-state index contributed by atoms with van der Waals surface area (Å²) < 4.78 is 26.4. The third-order valence-electron chi connectivity index (χ3n) is 3.13. The van der Waals surface area contributed by atoms with Crippen LogP contribution in [-0.2, 0) is 11.8 Å². The molecule has 0 aromatic carbocycles. The van der Waals surface area contributed by atoms with Crippen LogP contribution in [0.3, 0.4) is 0 Å². The summed E-state index contributed by atoms with van der Waals surface area (Å²) in [6, 6.07) is 0. The van der Waals surface area contributed by atoms with Gasteiger partial charge in [-0.3, -0.25) is 13.8 Å². The molecule has 0 atom stereocenters. The summed E-state index contributed by atoms with van der Waals surface area (Å²) in [6.07, 6.45) is 0. The van der Waals surface area contributed by atoms with E-state index in [1.165, 1.54) is 0 Å². The molecule has 1 aromatic rings. The number of aromatic nitrogens is 2. The van der Waals surface area contributed by atoms with Crippen LogP contribution in [0.4, 0.5) is 5.82 Å². The summed E-state index contributed by atoms with van der Waals surface area (Å²) in [4.78, 5) is 14.0. The van der Waals surface area contributed by atoms with Gasteiger partial charge in [-0.2, -0.15) is 15.7 Å². The molecular formula is C11H18BrN3O4S. The van der Waals surface area contributed by atoms with Crippen LogP contribution in [0.25, 0.3) is 0 Å². The van der Waals surface area contributed by atoms with Crippen LogP contribution in [-0.4, -0.2) is 56.1 Å². The lowest BCUT2D eigenvalue weighted by atomic mass is 10.3. The first-order chi connectivity index (χ1) is 9.35. The van der Waals surface area contributed by atoms with Crippen LogP contribution < -0.4 is 4.90 Å². The van der Waals surface area contributed by atoms with E-state index in [2.05, 4.69) is 21.0 Å². The van der Waals surface area contributed by atoms with Crippen LogP contribution in [0.15, 0.2) is 4.60 Å². The van der Waals surface area contributed by atoms with E-state index < -0.39 is 16.6 Å². The van der Waals surface area contributed by atoms with E-state index in [4.69, 9.17) is 4.74 Å². The first-order valence-corrected chi connectivity index (χ1v) is 8.91. The molecule has 2 heterocycles. The van der Waals surface area contributed by atoms with Crippen molar-refractivity contribution < 1.29 is 18.6 Å². The van der Waals surface area contributed by atoms with E-state index in [9.17, 15) is 13.9 Å². The smallest absolute Gasteiger partial charge is 0.344 e. The Bertz CT molecular complexity index is 510. The highest BCUT2D eigenvalue weighted by molar-refractivity contribution is 9.10. The highest BCUT2D eigenvalue weighted by atomic mass is 79.9. The predicted molar refractivity (Wildman–Crippen MR) is 81.7 cm³/mol. The van der Waals surface area contributed by atoms with Crippen LogP contribution in [0, 0.1) is 0 Å². The number of carbonyl (C=O) groups is 1. The van der Waals surface area contributed by atoms with Gasteiger partial charge in [-0.1, -0.05) is 0 Å². The number of hydrogen-bond acceptors (Lipinski definition) is 6. The molecule has 0 amide bonds. The lowest BCUT2D eigenvalue weighted by Gasteiger charge is -2.41. The van der Waals surface area contributed by atoms with Crippen molar-refractivity contribution in [1.29, 1.82) is 0 Å². The third kappa shape index (κ3) is 3.11. The van der Waals surface area contributed by atoms with Crippen LogP contribution in [0.2, 0.25) is 0 Å². The number of anilines is 1. The average Bonchev–Trinajstić information content (AvgIpc) is 2.65. The minimum absolute atomic E-state index is 0.292. The lowest BCUT2D eigenvalue weighted by Crippen LogP contribution is -2.40. The normalized spacial score (nSPS) is 19.8. The van der Waals surface area contributed by atoms with E-state index in [-0.39, 0.29) is 0 Å². The maximum atomic E-state index is 12.0. The van der Waals surface area contributed by atoms with Crippen LogP contribution in [0.5, 0.6) is 0 Å². The highest BCUT2D eigenvalue weighted by Crippen LogP contribution is 2.42. The summed E-state index contributed by atoms with van der Waals surface area (Å²) in [5, 5.41) is 4.20. The van der Waals surface area contributed by atoms with Gasteiger partial charge < -0.3 is 9.64 Å². The molecular weight excluding hydrogens is 350 g/mol. The molecule has 0 aliphatic carbocycles. The number of nitrogens with zero attached hydrogens (tertiary/aromatic N) is 3. The molecule has 9 heteroatoms. The number of ether oxygens (including phenoxy) is 1. The van der Waals surface area contributed by atoms with Crippen molar-refractivity contribution in [2.75, 3.05) is 36.1 Å². The zero-order valence-corrected chi connectivity index (χ0v) is 13.8. The Morgan fingerprint density at radius 3 is 2.60 bits per heavy atom. The first kappa shape index (κ1) is 15.6. The van der Waals surface area contributed by atoms with Gasteiger partial charge in [-0.05, 0) is 22.9 Å². The quantitative estimate of drug-likeness (QED) is 0.793. The largest absolute Gasteiger partial charge is 0.462 e. The van der Waals surface area contributed by atoms with Gasteiger partial charge in [-0.15, -0.1) is 0 Å². The molecule has 1 fully saturated rings. The minimum atomic E-state index is -2.47. The van der Waals surface area contributed by atoms with Gasteiger partial charge in [0, 0.05) is 20.1 Å². The second-order valence-electron chi connectivity index (χ2n) is 4.53. The number of halogens is 1. The van der Waals surface area contributed by atoms with Crippen molar-refractivity contribution in [3.63, 3.8) is 0 Å². The lowest BCUT2D eigenvalue weighted by molar-refractivity contribution is 0.0526. The fourth-order valence-corrected chi connectivity index (χ4v) is 3.97. The summed E-state index contributed by atoms with van der Waals surface area (Å²) in [7, 11) is -0.727. The molecule has 20 heavy (non-hydrogen) atoms. The van der Waals surface area contributed by atoms with Crippen molar-refractivity contribution in [3.8, 4) is 0 Å². The molecule has 1 aliphatic rings. The summed E-state index contributed by atoms with van der Waals surface area (Å²) in [5.41, 5.74) is 0.382. The van der Waals surface area contributed by atoms with E-state index in [0.29, 0.717) is 47.2 Å². The van der Waals surface area contributed by atoms with Crippen molar-refractivity contribution in [2.24, 2.45) is 7.05 Å². The van der Waals surface area contributed by atoms with Gasteiger partial charge in [0.25, 0.3) is 0 Å². The first-order valence-electron chi connectivity index (χ1n) is 6.24. The van der Waals surface area contributed by atoms with E-state index >= 15 is 0 Å². The Morgan fingerprint density at radius 2 is 2.05 bits per heavy atom. The number of aryl methyl sites for hydroxylation is 1. The molecule has 2 rings (SSSR count). The number of esters is 1. The van der Waals surface area contributed by atoms with Gasteiger partial charge in [-0.25, -0.2) is 4.79 Å². The molecule has 0 spiro atoms. The summed E-state index contributed by atoms with van der Waals surface area (Å²) in [5.74, 6) is 0.820. The van der Waals surface area contributed by atoms with Gasteiger partial charge in [0.1, 0.15) is 16.0 Å². The number of carbonyl (C=O) groups excluding carboxylic acids is 1. The molecule has 0 unspecified atom stereocenters. The van der Waals surface area contributed by atoms with Crippen molar-refractivity contribution >= 4 is 38.3 Å². The predicted octanol–water partition coefficient (Wildman–Crippen LogP) is 1.93. The molecule has 1 aliphatic heterocycles. The molecule has 0 bridgehead atoms. The molecule has 7 nitrogen and oxygen atoms in total. The number of rotatable bonds is 3. The Morgan fingerprint density at radius 1 is 1.45 bits per heavy atom. The topological polar surface area (TPSA) is 87.8 Å². The summed E-state index contributed by atoms with van der Waals surface area (Å²) >= 11 is 3.27. The maximum absolute atomic E-state index is 12.0. The fourth-order valence-electron chi connectivity index (χ4n) is 2.16. The second kappa shape index (κ2) is 5.92. The molecule has 1 saturated heterocycles. The standard InChI is InChI=1S/C11H18BrN3O4S/c1-3-19-11(16)8-9(12)13-14(2)10(8)15-4-6-20(17,18)7-5-15/h17-18H,3-7H2,1-2H3. The van der Waals surface area contributed by atoms with E-state index in [1.807, 2.05) is 4.90 Å². The van der Waals surface area contributed by atoms with Crippen molar-refractivity contribution in [2.45, 2.75) is 6.92 Å². The molecule has 0 radical (unpaired) electrons. The molecule has 2 N–H and O–H groups in total. The van der Waals surface area contributed by atoms with Gasteiger partial charge >= 0.3 is 5.97 Å². The van der Waals surface area contributed by atoms with Gasteiger partial charge in [0.15, 0.2) is 0 Å². The van der Waals surface area contributed by atoms with Crippen molar-refractivity contribution in [1.82, 2.24) is 9.78 Å². The minimum Gasteiger partial charge on any atom is -0.462 e. The van der Waals surface area contributed by atoms with Crippen LogP contribution >= 0.6 is 26.5 Å². The molecule has 114 valence electrons. The van der Waals surface area contributed by atoms with E-state index in [0.717, 1.165) is 0 Å². The van der Waals surface area contributed by atoms with E-state index in [1.54, 1.807) is 18.7 Å². The van der Waals surface area contributed by atoms with Crippen molar-refractivity contribution in [3.05, 3.63) is 10.2 Å². The Labute approximate surface area is 127 Å². The Kier molecular flexibility index (Phi) is 4.62. The Hall–Kier alpha value is -0.770. The third-order valence-corrected chi connectivity index (χ3v) is 5.36. The molecule has 1 aromatic heterocycles. The van der Waals surface area contributed by atoms with Gasteiger partial charge in [0.2, 0.25) is 0 Å². The zero-order chi connectivity index (χ0) is 14.9. The average molecular weight is 368 g/mol.